The lowest BCUT2D eigenvalue weighted by atomic mass is 9.94. The number of carboxylic acids is 1. The topological polar surface area (TPSA) is 74.7 Å². The maximum Gasteiger partial charge on any atom is 0.337 e. The Morgan fingerprint density at radius 3 is 2.50 bits per heavy atom. The molecular formula is C12H13ClFNO4S. The Labute approximate surface area is 121 Å². The molecule has 0 bridgehead atoms. The van der Waals surface area contributed by atoms with Gasteiger partial charge in [0, 0.05) is 13.1 Å². The summed E-state index contributed by atoms with van der Waals surface area (Å²) in [7, 11) is -2.51. The largest absolute Gasteiger partial charge is 0.478 e. The van der Waals surface area contributed by atoms with Crippen LogP contribution >= 0.6 is 11.6 Å². The highest BCUT2D eigenvalue weighted by molar-refractivity contribution is 7.89. The minimum Gasteiger partial charge on any atom is -0.478 e. The highest BCUT2D eigenvalue weighted by Crippen LogP contribution is 2.31. The first kappa shape index (κ1) is 15.2. The van der Waals surface area contributed by atoms with Crippen LogP contribution in [0.25, 0.3) is 0 Å². The number of hydrogen-bond donors (Lipinski definition) is 1. The zero-order valence-electron chi connectivity index (χ0n) is 10.6. The van der Waals surface area contributed by atoms with E-state index in [2.05, 4.69) is 0 Å². The zero-order valence-corrected chi connectivity index (χ0v) is 12.2. The summed E-state index contributed by atoms with van der Waals surface area (Å²) in [4.78, 5) is 10.6. The van der Waals surface area contributed by atoms with Gasteiger partial charge in [0.25, 0.3) is 0 Å². The van der Waals surface area contributed by atoms with Gasteiger partial charge < -0.3 is 5.11 Å². The molecule has 2 rings (SSSR count). The van der Waals surface area contributed by atoms with E-state index in [1.807, 2.05) is 0 Å². The molecule has 110 valence electrons. The fourth-order valence-corrected chi connectivity index (χ4v) is 3.63. The fraction of sp³-hybridized carbons (Fsp3) is 0.417. The zero-order chi connectivity index (χ0) is 15.1. The number of nitrogens with zero attached hydrogens (tertiary/aromatic N) is 1. The molecule has 8 heteroatoms. The van der Waals surface area contributed by atoms with Crippen LogP contribution in [0.5, 0.6) is 0 Å². The molecule has 1 saturated carbocycles. The van der Waals surface area contributed by atoms with Crippen LogP contribution in [0.4, 0.5) is 4.39 Å². The van der Waals surface area contributed by atoms with Gasteiger partial charge in [-0.25, -0.2) is 17.6 Å². The minimum absolute atomic E-state index is 0.119. The smallest absolute Gasteiger partial charge is 0.337 e. The van der Waals surface area contributed by atoms with Crippen molar-refractivity contribution in [2.75, 3.05) is 7.05 Å². The Kier molecular flexibility index (Phi) is 4.04. The van der Waals surface area contributed by atoms with E-state index in [4.69, 9.17) is 16.7 Å². The van der Waals surface area contributed by atoms with Crippen molar-refractivity contribution in [3.05, 3.63) is 28.5 Å². The molecule has 0 atom stereocenters. The van der Waals surface area contributed by atoms with Gasteiger partial charge in [-0.05, 0) is 25.0 Å². The van der Waals surface area contributed by atoms with Crippen LogP contribution < -0.4 is 0 Å². The van der Waals surface area contributed by atoms with Crippen LogP contribution in [0, 0.1) is 5.82 Å². The van der Waals surface area contributed by atoms with Gasteiger partial charge in [-0.15, -0.1) is 0 Å². The van der Waals surface area contributed by atoms with E-state index in [-0.39, 0.29) is 6.04 Å². The molecule has 1 N–H and O–H groups in total. The highest BCUT2D eigenvalue weighted by Gasteiger charge is 2.33. The summed E-state index contributed by atoms with van der Waals surface area (Å²) in [6.07, 6.45) is 2.44. The molecule has 0 aliphatic heterocycles. The third-order valence-electron chi connectivity index (χ3n) is 3.50. The van der Waals surface area contributed by atoms with Crippen molar-refractivity contribution in [1.82, 2.24) is 4.31 Å². The third kappa shape index (κ3) is 2.53. The van der Waals surface area contributed by atoms with Gasteiger partial charge in [-0.2, -0.15) is 4.31 Å². The van der Waals surface area contributed by atoms with E-state index >= 15 is 0 Å². The number of sulfonamides is 1. The lowest BCUT2D eigenvalue weighted by molar-refractivity contribution is 0.0696. The van der Waals surface area contributed by atoms with Crippen LogP contribution in [0.2, 0.25) is 5.02 Å². The molecule has 1 aliphatic rings. The van der Waals surface area contributed by atoms with Crippen LogP contribution in [-0.2, 0) is 10.0 Å². The van der Waals surface area contributed by atoms with Crippen molar-refractivity contribution in [3.63, 3.8) is 0 Å². The number of carboxylic acid groups (broad SMARTS) is 1. The molecule has 0 aromatic heterocycles. The number of halogens is 2. The number of carbonyl (C=O) groups is 1. The molecule has 1 aromatic rings. The molecule has 1 fully saturated rings. The second-order valence-corrected chi connectivity index (χ2v) is 7.05. The van der Waals surface area contributed by atoms with Gasteiger partial charge in [-0.3, -0.25) is 0 Å². The first-order valence-electron chi connectivity index (χ1n) is 5.95. The second kappa shape index (κ2) is 5.31. The summed E-state index contributed by atoms with van der Waals surface area (Å²) in [6.45, 7) is 0. The monoisotopic (exact) mass is 321 g/mol. The first-order valence-corrected chi connectivity index (χ1v) is 7.77. The Hall–Kier alpha value is -1.18. The fourth-order valence-electron chi connectivity index (χ4n) is 1.98. The van der Waals surface area contributed by atoms with E-state index < -0.39 is 37.3 Å². The third-order valence-corrected chi connectivity index (χ3v) is 5.77. The maximum atomic E-state index is 13.6. The van der Waals surface area contributed by atoms with Gasteiger partial charge in [-0.1, -0.05) is 18.0 Å². The number of hydrogen-bond acceptors (Lipinski definition) is 3. The van der Waals surface area contributed by atoms with Crippen LogP contribution in [0.1, 0.15) is 29.6 Å². The van der Waals surface area contributed by atoms with Crippen molar-refractivity contribution < 1.29 is 22.7 Å². The van der Waals surface area contributed by atoms with Crippen molar-refractivity contribution in [3.8, 4) is 0 Å². The predicted molar refractivity (Wildman–Crippen MR) is 71.0 cm³/mol. The van der Waals surface area contributed by atoms with E-state index in [1.165, 1.54) is 7.05 Å². The van der Waals surface area contributed by atoms with E-state index in [0.717, 1.165) is 35.7 Å². The average Bonchev–Trinajstić information content (AvgIpc) is 2.29. The van der Waals surface area contributed by atoms with Crippen molar-refractivity contribution >= 4 is 27.6 Å². The van der Waals surface area contributed by atoms with Gasteiger partial charge in [0.1, 0.15) is 5.82 Å². The second-order valence-electron chi connectivity index (χ2n) is 4.68. The number of benzene rings is 1. The summed E-state index contributed by atoms with van der Waals surface area (Å²) in [5.74, 6) is -2.54. The van der Waals surface area contributed by atoms with Gasteiger partial charge in [0.15, 0.2) is 0 Å². The molecule has 1 aliphatic carbocycles. The molecule has 1 aromatic carbocycles. The molecule has 20 heavy (non-hydrogen) atoms. The molecule has 5 nitrogen and oxygen atoms in total. The molecule has 0 unspecified atom stereocenters. The Balaban J connectivity index is 2.49. The number of rotatable bonds is 4. The number of aromatic carboxylic acids is 1. The van der Waals surface area contributed by atoms with Crippen molar-refractivity contribution in [2.24, 2.45) is 0 Å². The summed E-state index contributed by atoms with van der Waals surface area (Å²) in [6, 6.07) is 1.52. The predicted octanol–water partition coefficient (Wildman–Crippen LogP) is 2.35. The van der Waals surface area contributed by atoms with E-state index in [1.54, 1.807) is 0 Å². The molecule has 0 amide bonds. The van der Waals surface area contributed by atoms with Crippen molar-refractivity contribution in [1.29, 1.82) is 0 Å². The lowest BCUT2D eigenvalue weighted by Gasteiger charge is -2.33. The SMILES string of the molecule is CN(C1CCC1)S(=O)(=O)c1cc(F)c(Cl)c(C(=O)O)c1. The van der Waals surface area contributed by atoms with Crippen LogP contribution in [-0.4, -0.2) is 36.9 Å². The molecule has 0 radical (unpaired) electrons. The average molecular weight is 322 g/mol. The lowest BCUT2D eigenvalue weighted by Crippen LogP contribution is -2.41. The minimum atomic E-state index is -3.92. The normalized spacial score (nSPS) is 16.2. The highest BCUT2D eigenvalue weighted by atomic mass is 35.5. The molecular weight excluding hydrogens is 309 g/mol. The summed E-state index contributed by atoms with van der Waals surface area (Å²) in [5, 5.41) is 8.33. The quantitative estimate of drug-likeness (QED) is 0.923. The summed E-state index contributed by atoms with van der Waals surface area (Å²) < 4.78 is 39.4. The van der Waals surface area contributed by atoms with E-state index in [9.17, 15) is 17.6 Å². The van der Waals surface area contributed by atoms with Crippen LogP contribution in [0.15, 0.2) is 17.0 Å². The standard InChI is InChI=1S/C12H13ClFNO4S/c1-15(7-3-2-4-7)20(18,19)8-5-9(12(16)17)11(13)10(14)6-8/h5-7H,2-4H2,1H3,(H,16,17). The Morgan fingerprint density at radius 2 is 2.05 bits per heavy atom. The molecule has 0 spiro atoms. The Bertz CT molecular complexity index is 658. The van der Waals surface area contributed by atoms with Gasteiger partial charge in [0.2, 0.25) is 10.0 Å². The molecule has 0 heterocycles. The molecule has 0 saturated heterocycles. The van der Waals surface area contributed by atoms with Gasteiger partial charge in [0.05, 0.1) is 15.5 Å². The van der Waals surface area contributed by atoms with Crippen LogP contribution in [0.3, 0.4) is 0 Å². The first-order chi connectivity index (χ1) is 9.25. The van der Waals surface area contributed by atoms with Crippen molar-refractivity contribution in [2.45, 2.75) is 30.2 Å². The van der Waals surface area contributed by atoms with Gasteiger partial charge >= 0.3 is 5.97 Å². The maximum absolute atomic E-state index is 13.6. The summed E-state index contributed by atoms with van der Waals surface area (Å²) >= 11 is 5.53. The summed E-state index contributed by atoms with van der Waals surface area (Å²) in [5.41, 5.74) is -0.563. The Morgan fingerprint density at radius 1 is 1.45 bits per heavy atom. The van der Waals surface area contributed by atoms with E-state index in [0.29, 0.717) is 0 Å².